The molecule has 80 valence electrons. The van der Waals surface area contributed by atoms with Crippen LogP contribution in [0.2, 0.25) is 0 Å². The largest absolute Gasteiger partial charge is 0.368 e. The van der Waals surface area contributed by atoms with Gasteiger partial charge in [-0.05, 0) is 19.4 Å². The summed E-state index contributed by atoms with van der Waals surface area (Å²) >= 11 is 0. The van der Waals surface area contributed by atoms with Gasteiger partial charge < -0.3 is 4.74 Å². The van der Waals surface area contributed by atoms with Crippen LogP contribution in [0.3, 0.4) is 0 Å². The lowest BCUT2D eigenvalue weighted by Gasteiger charge is -2.35. The minimum absolute atomic E-state index is 0.131. The van der Waals surface area contributed by atoms with E-state index in [1.165, 1.54) is 6.42 Å². The maximum atomic E-state index is 11.9. The third-order valence-corrected chi connectivity index (χ3v) is 3.42. The van der Waals surface area contributed by atoms with E-state index in [9.17, 15) is 4.79 Å². The fourth-order valence-electron chi connectivity index (χ4n) is 2.12. The number of carbonyl (C=O) groups is 1. The van der Waals surface area contributed by atoms with Crippen molar-refractivity contribution in [3.63, 3.8) is 0 Å². The second-order valence-corrected chi connectivity index (χ2v) is 4.28. The molecule has 2 fully saturated rings. The van der Waals surface area contributed by atoms with Gasteiger partial charge in [0.2, 0.25) is 0 Å². The van der Waals surface area contributed by atoms with Gasteiger partial charge in [0.1, 0.15) is 6.10 Å². The highest BCUT2D eigenvalue weighted by molar-refractivity contribution is 5.86. The molecule has 1 atom stereocenters. The van der Waals surface area contributed by atoms with Crippen LogP contribution >= 0.6 is 0 Å². The Labute approximate surface area is 85.4 Å². The van der Waals surface area contributed by atoms with Crippen LogP contribution < -0.4 is 0 Å². The molecule has 0 spiro atoms. The Morgan fingerprint density at radius 1 is 1.50 bits per heavy atom. The van der Waals surface area contributed by atoms with Crippen molar-refractivity contribution in [2.24, 2.45) is 5.92 Å². The van der Waals surface area contributed by atoms with Crippen LogP contribution in [0.5, 0.6) is 0 Å². The first-order valence-corrected chi connectivity index (χ1v) is 5.69. The lowest BCUT2D eigenvalue weighted by Crippen LogP contribution is -2.48. The summed E-state index contributed by atoms with van der Waals surface area (Å²) in [7, 11) is 0. The molecule has 0 aromatic heterocycles. The van der Waals surface area contributed by atoms with E-state index in [2.05, 4.69) is 11.8 Å². The number of ketones is 1. The number of morpholine rings is 1. The van der Waals surface area contributed by atoms with E-state index in [1.807, 2.05) is 0 Å². The van der Waals surface area contributed by atoms with Gasteiger partial charge in [0.05, 0.1) is 6.61 Å². The maximum absolute atomic E-state index is 11.9. The number of hydrogen-bond acceptors (Lipinski definition) is 3. The fourth-order valence-corrected chi connectivity index (χ4v) is 2.12. The first-order valence-electron chi connectivity index (χ1n) is 5.69. The van der Waals surface area contributed by atoms with Crippen molar-refractivity contribution in [1.82, 2.24) is 4.90 Å². The van der Waals surface area contributed by atoms with Crippen molar-refractivity contribution in [3.05, 3.63) is 0 Å². The molecule has 3 nitrogen and oxygen atoms in total. The van der Waals surface area contributed by atoms with Gasteiger partial charge >= 0.3 is 0 Å². The van der Waals surface area contributed by atoms with Crippen molar-refractivity contribution < 1.29 is 9.53 Å². The lowest BCUT2D eigenvalue weighted by molar-refractivity contribution is -0.142. The molecular weight excluding hydrogens is 178 g/mol. The summed E-state index contributed by atoms with van der Waals surface area (Å²) in [6, 6.07) is 0. The van der Waals surface area contributed by atoms with Gasteiger partial charge in [-0.25, -0.2) is 0 Å². The average Bonchev–Trinajstić information content (AvgIpc) is 2.15. The first-order chi connectivity index (χ1) is 6.81. The average molecular weight is 197 g/mol. The van der Waals surface area contributed by atoms with Crippen LogP contribution in [0.4, 0.5) is 0 Å². The van der Waals surface area contributed by atoms with Crippen LogP contribution in [0, 0.1) is 5.92 Å². The summed E-state index contributed by atoms with van der Waals surface area (Å²) in [6.07, 6.45) is 3.27. The number of ether oxygens (including phenoxy) is 1. The second-order valence-electron chi connectivity index (χ2n) is 4.28. The zero-order chi connectivity index (χ0) is 9.97. The van der Waals surface area contributed by atoms with Gasteiger partial charge in [0, 0.05) is 19.0 Å². The Morgan fingerprint density at radius 3 is 2.86 bits per heavy atom. The highest BCUT2D eigenvalue weighted by atomic mass is 16.5. The van der Waals surface area contributed by atoms with E-state index >= 15 is 0 Å². The third-order valence-electron chi connectivity index (χ3n) is 3.42. The molecule has 2 aliphatic rings. The number of likely N-dealkylation sites (N-methyl/N-ethyl adjacent to an activating group) is 1. The van der Waals surface area contributed by atoms with Crippen LogP contribution in [0.1, 0.15) is 26.2 Å². The molecule has 0 N–H and O–H groups in total. The number of nitrogens with zero attached hydrogens (tertiary/aromatic N) is 1. The summed E-state index contributed by atoms with van der Waals surface area (Å²) in [5.74, 6) is 0.672. The summed E-state index contributed by atoms with van der Waals surface area (Å²) in [5.41, 5.74) is 0. The van der Waals surface area contributed by atoms with Gasteiger partial charge in [0.25, 0.3) is 0 Å². The Morgan fingerprint density at radius 2 is 2.29 bits per heavy atom. The molecular formula is C11H19NO2. The monoisotopic (exact) mass is 197 g/mol. The van der Waals surface area contributed by atoms with Crippen LogP contribution in [-0.4, -0.2) is 43.0 Å². The van der Waals surface area contributed by atoms with E-state index in [-0.39, 0.29) is 6.10 Å². The highest BCUT2D eigenvalue weighted by Crippen LogP contribution is 2.29. The molecule has 1 heterocycles. The predicted octanol–water partition coefficient (Wildman–Crippen LogP) is 1.08. The lowest BCUT2D eigenvalue weighted by atomic mass is 9.80. The van der Waals surface area contributed by atoms with Crippen molar-refractivity contribution in [1.29, 1.82) is 0 Å². The molecule has 1 aliphatic heterocycles. The standard InChI is InChI=1S/C11H19NO2/c1-2-12-6-7-14-10(8-12)11(13)9-4-3-5-9/h9-10H,2-8H2,1H3. The van der Waals surface area contributed by atoms with E-state index in [4.69, 9.17) is 4.74 Å². The van der Waals surface area contributed by atoms with Crippen molar-refractivity contribution in [3.8, 4) is 0 Å². The fraction of sp³-hybridized carbons (Fsp3) is 0.909. The normalized spacial score (nSPS) is 29.9. The minimum Gasteiger partial charge on any atom is -0.368 e. The van der Waals surface area contributed by atoms with Crippen LogP contribution in [0.25, 0.3) is 0 Å². The Balaban J connectivity index is 1.86. The van der Waals surface area contributed by atoms with Crippen LogP contribution in [-0.2, 0) is 9.53 Å². The van der Waals surface area contributed by atoms with Gasteiger partial charge in [-0.3, -0.25) is 9.69 Å². The van der Waals surface area contributed by atoms with E-state index in [0.29, 0.717) is 11.7 Å². The van der Waals surface area contributed by atoms with Gasteiger partial charge in [-0.1, -0.05) is 13.3 Å². The SMILES string of the molecule is CCN1CCOC(C(=O)C2CCC2)C1. The Bertz CT molecular complexity index is 213. The van der Waals surface area contributed by atoms with Crippen LogP contribution in [0.15, 0.2) is 0 Å². The first kappa shape index (κ1) is 10.1. The second kappa shape index (κ2) is 4.41. The smallest absolute Gasteiger partial charge is 0.165 e. The quantitative estimate of drug-likeness (QED) is 0.678. The molecule has 0 radical (unpaired) electrons. The number of carbonyl (C=O) groups excluding carboxylic acids is 1. The van der Waals surface area contributed by atoms with E-state index < -0.39 is 0 Å². The maximum Gasteiger partial charge on any atom is 0.165 e. The molecule has 1 aliphatic carbocycles. The molecule has 3 heteroatoms. The summed E-state index contributed by atoms with van der Waals surface area (Å²) < 4.78 is 5.54. The summed E-state index contributed by atoms with van der Waals surface area (Å²) in [5, 5.41) is 0. The van der Waals surface area contributed by atoms with E-state index in [0.717, 1.165) is 39.1 Å². The molecule has 0 amide bonds. The Hall–Kier alpha value is -0.410. The zero-order valence-corrected chi connectivity index (χ0v) is 8.87. The predicted molar refractivity (Wildman–Crippen MR) is 54.2 cm³/mol. The molecule has 0 aromatic carbocycles. The summed E-state index contributed by atoms with van der Waals surface area (Å²) in [6.45, 7) is 5.67. The van der Waals surface area contributed by atoms with Crippen molar-refractivity contribution in [2.75, 3.05) is 26.2 Å². The number of hydrogen-bond donors (Lipinski definition) is 0. The molecule has 14 heavy (non-hydrogen) atoms. The topological polar surface area (TPSA) is 29.5 Å². The van der Waals surface area contributed by atoms with Crippen molar-refractivity contribution >= 4 is 5.78 Å². The third kappa shape index (κ3) is 1.98. The zero-order valence-electron chi connectivity index (χ0n) is 8.87. The Kier molecular flexibility index (Phi) is 3.19. The van der Waals surface area contributed by atoms with Gasteiger partial charge in [-0.15, -0.1) is 0 Å². The van der Waals surface area contributed by atoms with E-state index in [1.54, 1.807) is 0 Å². The van der Waals surface area contributed by atoms with Crippen molar-refractivity contribution in [2.45, 2.75) is 32.3 Å². The minimum atomic E-state index is -0.131. The van der Waals surface area contributed by atoms with Gasteiger partial charge in [-0.2, -0.15) is 0 Å². The van der Waals surface area contributed by atoms with Gasteiger partial charge in [0.15, 0.2) is 5.78 Å². The number of Topliss-reactive ketones (excluding diaryl/α,β-unsaturated/α-hetero) is 1. The summed E-state index contributed by atoms with van der Waals surface area (Å²) in [4.78, 5) is 14.2. The number of rotatable bonds is 3. The molecule has 1 unspecified atom stereocenters. The molecule has 0 aromatic rings. The molecule has 1 saturated carbocycles. The molecule has 2 rings (SSSR count). The molecule has 1 saturated heterocycles. The molecule has 0 bridgehead atoms. The highest BCUT2D eigenvalue weighted by Gasteiger charge is 2.34.